The molecule has 0 aliphatic rings. The van der Waals surface area contributed by atoms with Crippen LogP contribution in [0, 0.1) is 17.6 Å². The van der Waals surface area contributed by atoms with Crippen molar-refractivity contribution in [2.24, 2.45) is 5.92 Å². The minimum absolute atomic E-state index is 0.0653. The molecule has 0 heterocycles. The van der Waals surface area contributed by atoms with E-state index in [0.29, 0.717) is 25.8 Å². The van der Waals surface area contributed by atoms with Crippen molar-refractivity contribution in [3.05, 3.63) is 71.3 Å². The van der Waals surface area contributed by atoms with Crippen LogP contribution in [0.25, 0.3) is 0 Å². The maximum atomic E-state index is 13.4. The Morgan fingerprint density at radius 2 is 1.41 bits per heavy atom. The van der Waals surface area contributed by atoms with E-state index in [1.807, 2.05) is 13.8 Å². The number of alkyl carbamates (subject to hydrolysis) is 1. The van der Waals surface area contributed by atoms with Crippen LogP contribution in [0.3, 0.4) is 0 Å². The third kappa shape index (κ3) is 9.49. The van der Waals surface area contributed by atoms with Crippen LogP contribution in [0.15, 0.2) is 48.5 Å². The fraction of sp³-hybridized carbons (Fsp3) is 0.481. The summed E-state index contributed by atoms with van der Waals surface area (Å²) in [6.45, 7) is 9.66. The molecule has 1 atom stereocenters. The summed E-state index contributed by atoms with van der Waals surface area (Å²) in [5.74, 6) is -0.763. The molecule has 0 aromatic heterocycles. The molecule has 0 saturated heterocycles. The van der Waals surface area contributed by atoms with Crippen LogP contribution >= 0.6 is 0 Å². The maximum absolute atomic E-state index is 13.4. The van der Waals surface area contributed by atoms with Gasteiger partial charge in [0.1, 0.15) is 23.3 Å². The van der Waals surface area contributed by atoms with Crippen molar-refractivity contribution in [3.63, 3.8) is 0 Å². The number of amides is 2. The molecule has 0 aliphatic carbocycles. The highest BCUT2D eigenvalue weighted by molar-refractivity contribution is 5.85. The van der Waals surface area contributed by atoms with E-state index in [2.05, 4.69) is 10.6 Å². The molecule has 0 aliphatic heterocycles. The minimum atomic E-state index is -0.695. The number of nitrogens with one attached hydrogen (secondary N) is 2. The lowest BCUT2D eigenvalue weighted by molar-refractivity contribution is -0.123. The van der Waals surface area contributed by atoms with E-state index in [1.54, 1.807) is 45.0 Å². The quantitative estimate of drug-likeness (QED) is 0.419. The van der Waals surface area contributed by atoms with Gasteiger partial charge in [0.25, 0.3) is 0 Å². The van der Waals surface area contributed by atoms with E-state index in [-0.39, 0.29) is 29.4 Å². The lowest BCUT2D eigenvalue weighted by Gasteiger charge is -2.24. The van der Waals surface area contributed by atoms with Crippen molar-refractivity contribution in [1.82, 2.24) is 10.6 Å². The third-order valence-corrected chi connectivity index (χ3v) is 5.23. The third-order valence-electron chi connectivity index (χ3n) is 5.23. The largest absolute Gasteiger partial charge is 0.444 e. The van der Waals surface area contributed by atoms with Crippen LogP contribution < -0.4 is 10.6 Å². The Kier molecular flexibility index (Phi) is 10.0. The average Bonchev–Trinajstić information content (AvgIpc) is 2.73. The van der Waals surface area contributed by atoms with Crippen molar-refractivity contribution < 1.29 is 23.1 Å². The van der Waals surface area contributed by atoms with Crippen molar-refractivity contribution in [2.75, 3.05) is 6.54 Å². The first kappa shape index (κ1) is 27.3. The van der Waals surface area contributed by atoms with Crippen LogP contribution in [0.5, 0.6) is 0 Å². The van der Waals surface area contributed by atoms with Gasteiger partial charge >= 0.3 is 6.09 Å². The van der Waals surface area contributed by atoms with Gasteiger partial charge in [-0.1, -0.05) is 38.1 Å². The van der Waals surface area contributed by atoms with Gasteiger partial charge in [0.2, 0.25) is 5.91 Å². The molecular weight excluding hydrogens is 438 g/mol. The molecule has 0 saturated carbocycles. The van der Waals surface area contributed by atoms with Gasteiger partial charge < -0.3 is 15.4 Å². The zero-order valence-corrected chi connectivity index (χ0v) is 20.7. The molecule has 0 bridgehead atoms. The Balaban J connectivity index is 1.99. The van der Waals surface area contributed by atoms with Gasteiger partial charge in [-0.25, -0.2) is 13.6 Å². The zero-order valence-electron chi connectivity index (χ0n) is 20.7. The summed E-state index contributed by atoms with van der Waals surface area (Å²) >= 11 is 0. The molecule has 0 radical (unpaired) electrons. The molecule has 2 aromatic carbocycles. The van der Waals surface area contributed by atoms with Crippen molar-refractivity contribution in [1.29, 1.82) is 0 Å². The molecule has 186 valence electrons. The van der Waals surface area contributed by atoms with Crippen molar-refractivity contribution >= 4 is 12.0 Å². The first-order valence-electron chi connectivity index (χ1n) is 11.7. The highest BCUT2D eigenvalue weighted by atomic mass is 19.1. The van der Waals surface area contributed by atoms with Crippen LogP contribution in [0.2, 0.25) is 0 Å². The molecule has 0 fully saturated rings. The fourth-order valence-corrected chi connectivity index (χ4v) is 3.71. The molecule has 2 N–H and O–H groups in total. The lowest BCUT2D eigenvalue weighted by atomic mass is 9.87. The molecule has 2 rings (SSSR count). The predicted octanol–water partition coefficient (Wildman–Crippen LogP) is 5.93. The number of ether oxygens (including phenoxy) is 1. The van der Waals surface area contributed by atoms with E-state index in [9.17, 15) is 18.4 Å². The Labute approximate surface area is 201 Å². The lowest BCUT2D eigenvalue weighted by Crippen LogP contribution is -2.49. The van der Waals surface area contributed by atoms with E-state index < -0.39 is 17.7 Å². The number of carbonyl (C=O) groups excluding carboxylic acids is 2. The summed E-state index contributed by atoms with van der Waals surface area (Å²) in [5.41, 5.74) is 1.19. The number of carbonyl (C=O) groups is 2. The van der Waals surface area contributed by atoms with Gasteiger partial charge in [-0.2, -0.15) is 0 Å². The van der Waals surface area contributed by atoms with Gasteiger partial charge in [-0.05, 0) is 81.3 Å². The predicted molar refractivity (Wildman–Crippen MR) is 129 cm³/mol. The molecule has 34 heavy (non-hydrogen) atoms. The highest BCUT2D eigenvalue weighted by Gasteiger charge is 2.25. The van der Waals surface area contributed by atoms with E-state index >= 15 is 0 Å². The highest BCUT2D eigenvalue weighted by Crippen LogP contribution is 2.29. The summed E-state index contributed by atoms with van der Waals surface area (Å²) in [6.07, 6.45) is 1.18. The number of rotatable bonds is 10. The van der Waals surface area contributed by atoms with E-state index in [1.165, 1.54) is 24.3 Å². The zero-order chi connectivity index (χ0) is 25.3. The topological polar surface area (TPSA) is 67.4 Å². The van der Waals surface area contributed by atoms with Crippen LogP contribution in [0.1, 0.15) is 70.9 Å². The summed E-state index contributed by atoms with van der Waals surface area (Å²) in [7, 11) is 0. The van der Waals surface area contributed by atoms with Gasteiger partial charge in [0.15, 0.2) is 0 Å². The van der Waals surface area contributed by atoms with Crippen molar-refractivity contribution in [2.45, 2.75) is 71.4 Å². The summed E-state index contributed by atoms with van der Waals surface area (Å²) in [6, 6.07) is 11.9. The second-order valence-electron chi connectivity index (χ2n) is 9.92. The SMILES string of the molecule is CC(C)CC(NC(=O)OC(C)(C)C)C(=O)NCCCC(c1ccc(F)cc1)c1ccc(F)cc1. The monoisotopic (exact) mass is 474 g/mol. The van der Waals surface area contributed by atoms with E-state index in [0.717, 1.165) is 11.1 Å². The van der Waals surface area contributed by atoms with Gasteiger partial charge in [-0.15, -0.1) is 0 Å². The second kappa shape index (κ2) is 12.5. The van der Waals surface area contributed by atoms with Crippen LogP contribution in [0.4, 0.5) is 13.6 Å². The Bertz CT molecular complexity index is 877. The fourth-order valence-electron chi connectivity index (χ4n) is 3.71. The second-order valence-corrected chi connectivity index (χ2v) is 9.92. The van der Waals surface area contributed by atoms with Gasteiger partial charge in [0, 0.05) is 12.5 Å². The first-order chi connectivity index (χ1) is 15.9. The smallest absolute Gasteiger partial charge is 0.408 e. The van der Waals surface area contributed by atoms with E-state index in [4.69, 9.17) is 4.74 Å². The minimum Gasteiger partial charge on any atom is -0.444 e. The molecule has 2 amide bonds. The Morgan fingerprint density at radius 1 is 0.912 bits per heavy atom. The summed E-state index contributed by atoms with van der Waals surface area (Å²) < 4.78 is 32.1. The number of halogens is 2. The number of hydrogen-bond donors (Lipinski definition) is 2. The molecular formula is C27H36F2N2O3. The van der Waals surface area contributed by atoms with Crippen LogP contribution in [-0.4, -0.2) is 30.2 Å². The van der Waals surface area contributed by atoms with Crippen molar-refractivity contribution in [3.8, 4) is 0 Å². The molecule has 0 spiro atoms. The molecule has 7 heteroatoms. The van der Waals surface area contributed by atoms with Gasteiger partial charge in [-0.3, -0.25) is 4.79 Å². The summed E-state index contributed by atoms with van der Waals surface area (Å²) in [4.78, 5) is 24.9. The first-order valence-corrected chi connectivity index (χ1v) is 11.7. The normalized spacial score (nSPS) is 12.5. The van der Waals surface area contributed by atoms with Crippen LogP contribution in [-0.2, 0) is 9.53 Å². The number of benzene rings is 2. The Morgan fingerprint density at radius 3 is 1.85 bits per heavy atom. The molecule has 5 nitrogen and oxygen atoms in total. The Hall–Kier alpha value is -2.96. The molecule has 2 aromatic rings. The maximum Gasteiger partial charge on any atom is 0.408 e. The summed E-state index contributed by atoms with van der Waals surface area (Å²) in [5, 5.41) is 5.58. The number of hydrogen-bond acceptors (Lipinski definition) is 3. The van der Waals surface area contributed by atoms with Gasteiger partial charge in [0.05, 0.1) is 0 Å². The molecule has 1 unspecified atom stereocenters. The average molecular weight is 475 g/mol. The standard InChI is InChI=1S/C27H36F2N2O3/c1-18(2)17-24(31-26(33)34-27(3,4)5)25(32)30-16-6-7-23(19-8-12-21(28)13-9-19)20-10-14-22(29)15-11-20/h8-15,18,23-24H,6-7,16-17H2,1-5H3,(H,30,32)(H,31,33).